The van der Waals surface area contributed by atoms with Crippen molar-refractivity contribution in [1.29, 1.82) is 0 Å². The molecule has 3 N–H and O–H groups in total. The number of hydrogen-bond donors (Lipinski definition) is 2. The molecular weight excluding hydrogens is 190 g/mol. The van der Waals surface area contributed by atoms with Crippen LogP contribution in [0.1, 0.15) is 24.4 Å². The molecule has 1 atom stereocenters. The molecule has 1 fully saturated rings. The van der Waals surface area contributed by atoms with E-state index in [9.17, 15) is 0 Å². The van der Waals surface area contributed by atoms with Crippen LogP contribution in [0.15, 0.2) is 24.8 Å². The Labute approximate surface area is 87.3 Å². The van der Waals surface area contributed by atoms with Crippen LogP contribution in [0.2, 0.25) is 0 Å². The van der Waals surface area contributed by atoms with Crippen molar-refractivity contribution >= 4 is 5.52 Å². The van der Waals surface area contributed by atoms with Crippen LogP contribution in [-0.4, -0.2) is 14.6 Å². The quantitative estimate of drug-likeness (QED) is 0.567. The fourth-order valence-electron chi connectivity index (χ4n) is 2.00. The Morgan fingerprint density at radius 2 is 2.33 bits per heavy atom. The first-order chi connectivity index (χ1) is 7.40. The SMILES string of the molecule is NNC(c1cnn2ccncc12)C1CC1. The molecule has 0 aliphatic heterocycles. The smallest absolute Gasteiger partial charge is 0.0893 e. The molecule has 2 aromatic heterocycles. The van der Waals surface area contributed by atoms with E-state index in [1.165, 1.54) is 12.8 Å². The molecule has 5 nitrogen and oxygen atoms in total. The second-order valence-corrected chi connectivity index (χ2v) is 3.99. The molecule has 1 unspecified atom stereocenters. The van der Waals surface area contributed by atoms with Crippen LogP contribution in [-0.2, 0) is 0 Å². The summed E-state index contributed by atoms with van der Waals surface area (Å²) in [5.74, 6) is 6.24. The largest absolute Gasteiger partial charge is 0.271 e. The molecule has 1 saturated carbocycles. The van der Waals surface area contributed by atoms with Gasteiger partial charge in [-0.3, -0.25) is 16.3 Å². The molecule has 1 aliphatic carbocycles. The molecule has 0 radical (unpaired) electrons. The van der Waals surface area contributed by atoms with Crippen molar-refractivity contribution in [2.75, 3.05) is 0 Å². The number of nitrogens with one attached hydrogen (secondary N) is 1. The van der Waals surface area contributed by atoms with Crippen molar-refractivity contribution in [3.63, 3.8) is 0 Å². The van der Waals surface area contributed by atoms with E-state index in [1.54, 1.807) is 6.20 Å². The summed E-state index contributed by atoms with van der Waals surface area (Å²) in [5, 5.41) is 4.28. The summed E-state index contributed by atoms with van der Waals surface area (Å²) in [5.41, 5.74) is 5.06. The molecule has 78 valence electrons. The molecule has 15 heavy (non-hydrogen) atoms. The van der Waals surface area contributed by atoms with E-state index in [0.717, 1.165) is 11.1 Å². The van der Waals surface area contributed by atoms with Gasteiger partial charge in [0.15, 0.2) is 0 Å². The molecule has 3 rings (SSSR count). The maximum absolute atomic E-state index is 5.59. The second kappa shape index (κ2) is 3.29. The van der Waals surface area contributed by atoms with Gasteiger partial charge in [-0.2, -0.15) is 5.10 Å². The first-order valence-electron chi connectivity index (χ1n) is 5.13. The van der Waals surface area contributed by atoms with Gasteiger partial charge < -0.3 is 0 Å². The minimum absolute atomic E-state index is 0.215. The normalized spacial score (nSPS) is 18.2. The number of aromatic nitrogens is 3. The van der Waals surface area contributed by atoms with E-state index >= 15 is 0 Å². The van der Waals surface area contributed by atoms with Gasteiger partial charge in [0, 0.05) is 18.0 Å². The Balaban J connectivity index is 2.08. The highest BCUT2D eigenvalue weighted by Gasteiger charge is 2.33. The summed E-state index contributed by atoms with van der Waals surface area (Å²) in [7, 11) is 0. The van der Waals surface area contributed by atoms with Gasteiger partial charge in [0.2, 0.25) is 0 Å². The number of nitrogens with zero attached hydrogens (tertiary/aromatic N) is 3. The van der Waals surface area contributed by atoms with Gasteiger partial charge in [-0.1, -0.05) is 0 Å². The van der Waals surface area contributed by atoms with Gasteiger partial charge >= 0.3 is 0 Å². The van der Waals surface area contributed by atoms with E-state index < -0.39 is 0 Å². The number of hydrazine groups is 1. The average Bonchev–Trinajstić information content (AvgIpc) is 3.01. The van der Waals surface area contributed by atoms with Crippen LogP contribution in [0.4, 0.5) is 0 Å². The molecule has 0 saturated heterocycles. The predicted octanol–water partition coefficient (Wildman–Crippen LogP) is 0.644. The maximum atomic E-state index is 5.59. The Morgan fingerprint density at radius 1 is 1.47 bits per heavy atom. The molecule has 5 heteroatoms. The third-order valence-corrected chi connectivity index (χ3v) is 2.96. The van der Waals surface area contributed by atoms with Crippen molar-refractivity contribution in [3.8, 4) is 0 Å². The number of nitrogens with two attached hydrogens (primary N) is 1. The highest BCUT2D eigenvalue weighted by molar-refractivity contribution is 5.53. The number of rotatable bonds is 3. The van der Waals surface area contributed by atoms with Crippen molar-refractivity contribution in [1.82, 2.24) is 20.0 Å². The zero-order valence-corrected chi connectivity index (χ0v) is 8.30. The van der Waals surface area contributed by atoms with E-state index in [2.05, 4.69) is 15.5 Å². The van der Waals surface area contributed by atoms with Gasteiger partial charge in [-0.15, -0.1) is 0 Å². The van der Waals surface area contributed by atoms with Gasteiger partial charge in [0.1, 0.15) is 0 Å². The molecule has 1 aliphatic rings. The molecule has 2 heterocycles. The summed E-state index contributed by atoms with van der Waals surface area (Å²) in [6.45, 7) is 0. The molecule has 2 aromatic rings. The minimum atomic E-state index is 0.215. The summed E-state index contributed by atoms with van der Waals surface area (Å²) in [4.78, 5) is 4.11. The first-order valence-corrected chi connectivity index (χ1v) is 5.13. The van der Waals surface area contributed by atoms with Crippen LogP contribution >= 0.6 is 0 Å². The van der Waals surface area contributed by atoms with Crippen molar-refractivity contribution in [2.45, 2.75) is 18.9 Å². The second-order valence-electron chi connectivity index (χ2n) is 3.99. The van der Waals surface area contributed by atoms with E-state index in [4.69, 9.17) is 5.84 Å². The highest BCUT2D eigenvalue weighted by Crippen LogP contribution is 2.41. The van der Waals surface area contributed by atoms with Crippen LogP contribution in [0.3, 0.4) is 0 Å². The topological polar surface area (TPSA) is 68.2 Å². The Morgan fingerprint density at radius 3 is 3.07 bits per heavy atom. The van der Waals surface area contributed by atoms with E-state index in [0.29, 0.717) is 5.92 Å². The standard InChI is InChI=1S/C10H13N5/c11-14-10(7-1-2-7)8-5-13-15-4-3-12-6-9(8)15/h3-7,10,14H,1-2,11H2. The number of hydrogen-bond acceptors (Lipinski definition) is 4. The van der Waals surface area contributed by atoms with Gasteiger partial charge in [0.05, 0.1) is 24.0 Å². The monoisotopic (exact) mass is 203 g/mol. The predicted molar refractivity (Wildman–Crippen MR) is 55.8 cm³/mol. The van der Waals surface area contributed by atoms with Crippen molar-refractivity contribution in [3.05, 3.63) is 30.4 Å². The summed E-state index contributed by atoms with van der Waals surface area (Å²) in [6, 6.07) is 0.215. The van der Waals surface area contributed by atoms with Crippen LogP contribution in [0, 0.1) is 5.92 Å². The summed E-state index contributed by atoms with van der Waals surface area (Å²) < 4.78 is 1.83. The van der Waals surface area contributed by atoms with Crippen LogP contribution in [0.25, 0.3) is 5.52 Å². The first kappa shape index (κ1) is 8.82. The zero-order valence-electron chi connectivity index (χ0n) is 8.30. The molecule has 0 bridgehead atoms. The third-order valence-electron chi connectivity index (χ3n) is 2.96. The maximum Gasteiger partial charge on any atom is 0.0893 e. The van der Waals surface area contributed by atoms with Crippen molar-refractivity contribution < 1.29 is 0 Å². The lowest BCUT2D eigenvalue weighted by Crippen LogP contribution is -2.29. The average molecular weight is 203 g/mol. The lowest BCUT2D eigenvalue weighted by Gasteiger charge is -2.13. The fourth-order valence-corrected chi connectivity index (χ4v) is 2.00. The Hall–Kier alpha value is -1.46. The Kier molecular flexibility index (Phi) is 1.93. The molecular formula is C10H13N5. The van der Waals surface area contributed by atoms with Crippen molar-refractivity contribution in [2.24, 2.45) is 11.8 Å². The highest BCUT2D eigenvalue weighted by atomic mass is 15.3. The summed E-state index contributed by atoms with van der Waals surface area (Å²) >= 11 is 0. The zero-order chi connectivity index (χ0) is 10.3. The third kappa shape index (κ3) is 1.40. The van der Waals surface area contributed by atoms with E-state index in [-0.39, 0.29) is 6.04 Å². The lowest BCUT2D eigenvalue weighted by molar-refractivity contribution is 0.499. The van der Waals surface area contributed by atoms with Gasteiger partial charge in [-0.25, -0.2) is 4.52 Å². The van der Waals surface area contributed by atoms with Gasteiger partial charge in [-0.05, 0) is 18.8 Å². The summed E-state index contributed by atoms with van der Waals surface area (Å²) in [6.07, 6.45) is 9.76. The minimum Gasteiger partial charge on any atom is -0.271 e. The lowest BCUT2D eigenvalue weighted by atomic mass is 10.1. The molecule has 0 amide bonds. The van der Waals surface area contributed by atoms with Crippen LogP contribution < -0.4 is 11.3 Å². The Bertz CT molecular complexity index is 473. The van der Waals surface area contributed by atoms with Gasteiger partial charge in [0.25, 0.3) is 0 Å². The number of fused-ring (bicyclic) bond motifs is 1. The molecule has 0 spiro atoms. The van der Waals surface area contributed by atoms with E-state index in [1.807, 2.05) is 23.1 Å². The molecule has 0 aromatic carbocycles. The van der Waals surface area contributed by atoms with Crippen LogP contribution in [0.5, 0.6) is 0 Å². The fraction of sp³-hybridized carbons (Fsp3) is 0.400.